The Labute approximate surface area is 158 Å². The smallest absolute Gasteiger partial charge is 0.360 e. The summed E-state index contributed by atoms with van der Waals surface area (Å²) in [5.41, 5.74) is 0.225. The van der Waals surface area contributed by atoms with Crippen LogP contribution in [0.3, 0.4) is 0 Å². The maximum absolute atomic E-state index is 12.7. The van der Waals surface area contributed by atoms with Gasteiger partial charge in [-0.1, -0.05) is 46.4 Å². The number of hydrogen-bond donors (Lipinski definition) is 1. The van der Waals surface area contributed by atoms with Crippen molar-refractivity contribution in [2.45, 2.75) is 6.18 Å². The standard InChI is InChI=1S/C13H6Cl4F3N5/c14-5-1-6(15)8(7(16)2-5)9-10(17)24-12-22-4-23-25(12)11(9)21-3-13(18,19)20/h1-2,4,21H,3H2. The minimum absolute atomic E-state index is 0.0135. The lowest BCUT2D eigenvalue weighted by atomic mass is 10.1. The molecule has 0 unspecified atom stereocenters. The first-order valence-corrected chi connectivity index (χ1v) is 8.03. The first-order chi connectivity index (χ1) is 11.7. The molecule has 0 amide bonds. The quantitative estimate of drug-likeness (QED) is 0.567. The molecule has 0 saturated heterocycles. The predicted octanol–water partition coefficient (Wildman–Crippen LogP) is 5.38. The van der Waals surface area contributed by atoms with Crippen molar-refractivity contribution in [3.8, 4) is 11.1 Å². The van der Waals surface area contributed by atoms with Gasteiger partial charge in [0.2, 0.25) is 0 Å². The van der Waals surface area contributed by atoms with E-state index in [1.807, 2.05) is 0 Å². The van der Waals surface area contributed by atoms with Gasteiger partial charge in [0.1, 0.15) is 23.8 Å². The highest BCUT2D eigenvalue weighted by molar-refractivity contribution is 6.43. The van der Waals surface area contributed by atoms with Crippen LogP contribution in [0.5, 0.6) is 0 Å². The summed E-state index contributed by atoms with van der Waals surface area (Å²) in [7, 11) is 0. The molecule has 3 rings (SSSR count). The third-order valence-electron chi connectivity index (χ3n) is 3.10. The third-order valence-corrected chi connectivity index (χ3v) is 4.18. The SMILES string of the molecule is FC(F)(F)CNc1c(-c2c(Cl)cc(Cl)cc2Cl)c(Cl)nc2ncnn12. The Morgan fingerprint density at radius 1 is 1.04 bits per heavy atom. The summed E-state index contributed by atoms with van der Waals surface area (Å²) >= 11 is 24.4. The Morgan fingerprint density at radius 2 is 1.68 bits per heavy atom. The van der Waals surface area contributed by atoms with Crippen molar-refractivity contribution in [2.75, 3.05) is 11.9 Å². The molecule has 132 valence electrons. The van der Waals surface area contributed by atoms with Crippen LogP contribution in [0.2, 0.25) is 20.2 Å². The lowest BCUT2D eigenvalue weighted by Crippen LogP contribution is -2.23. The number of alkyl halides is 3. The molecule has 1 N–H and O–H groups in total. The number of anilines is 1. The number of nitrogens with one attached hydrogen (secondary N) is 1. The fourth-order valence-corrected chi connectivity index (χ4v) is 3.43. The van der Waals surface area contributed by atoms with E-state index in [0.717, 1.165) is 10.8 Å². The Hall–Kier alpha value is -1.48. The van der Waals surface area contributed by atoms with Gasteiger partial charge in [0.25, 0.3) is 5.78 Å². The summed E-state index contributed by atoms with van der Waals surface area (Å²) in [4.78, 5) is 7.83. The van der Waals surface area contributed by atoms with Crippen molar-refractivity contribution in [2.24, 2.45) is 0 Å². The Balaban J connectivity index is 2.29. The van der Waals surface area contributed by atoms with E-state index in [0.29, 0.717) is 0 Å². The van der Waals surface area contributed by atoms with Gasteiger partial charge in [-0.2, -0.15) is 32.8 Å². The van der Waals surface area contributed by atoms with Gasteiger partial charge in [0, 0.05) is 10.6 Å². The molecule has 25 heavy (non-hydrogen) atoms. The first kappa shape index (κ1) is 18.3. The van der Waals surface area contributed by atoms with E-state index in [4.69, 9.17) is 46.4 Å². The van der Waals surface area contributed by atoms with Gasteiger partial charge in [-0.25, -0.2) is 0 Å². The van der Waals surface area contributed by atoms with E-state index in [1.54, 1.807) is 0 Å². The van der Waals surface area contributed by atoms with E-state index < -0.39 is 12.7 Å². The maximum Gasteiger partial charge on any atom is 0.405 e. The van der Waals surface area contributed by atoms with E-state index in [1.165, 1.54) is 12.1 Å². The van der Waals surface area contributed by atoms with Crippen LogP contribution in [0.15, 0.2) is 18.5 Å². The van der Waals surface area contributed by atoms with Crippen LogP contribution < -0.4 is 5.32 Å². The molecule has 2 aromatic heterocycles. The molecule has 5 nitrogen and oxygen atoms in total. The molecule has 1 aromatic carbocycles. The van der Waals surface area contributed by atoms with Crippen molar-refractivity contribution in [3.05, 3.63) is 38.7 Å². The summed E-state index contributed by atoms with van der Waals surface area (Å²) in [6.45, 7) is -1.34. The Bertz CT molecular complexity index is 934. The first-order valence-electron chi connectivity index (χ1n) is 6.52. The summed E-state index contributed by atoms with van der Waals surface area (Å²) < 4.78 is 39.1. The second-order valence-electron chi connectivity index (χ2n) is 4.81. The summed E-state index contributed by atoms with van der Waals surface area (Å²) in [6, 6.07) is 2.78. The zero-order valence-electron chi connectivity index (χ0n) is 11.9. The van der Waals surface area contributed by atoms with Crippen LogP contribution in [0.25, 0.3) is 16.9 Å². The molecule has 0 aliphatic carbocycles. The normalized spacial score (nSPS) is 12.0. The number of rotatable bonds is 3. The molecule has 0 radical (unpaired) electrons. The van der Waals surface area contributed by atoms with Crippen molar-refractivity contribution in [1.82, 2.24) is 19.6 Å². The monoisotopic (exact) mass is 429 g/mol. The molecule has 3 aromatic rings. The lowest BCUT2D eigenvalue weighted by molar-refractivity contribution is -0.115. The zero-order chi connectivity index (χ0) is 18.4. The van der Waals surface area contributed by atoms with Gasteiger partial charge in [0.15, 0.2) is 0 Å². The largest absolute Gasteiger partial charge is 0.405 e. The minimum atomic E-state index is -4.48. The van der Waals surface area contributed by atoms with Crippen LogP contribution in [0.4, 0.5) is 19.0 Å². The van der Waals surface area contributed by atoms with E-state index in [9.17, 15) is 13.2 Å². The zero-order valence-corrected chi connectivity index (χ0v) is 14.9. The average molecular weight is 431 g/mol. The topological polar surface area (TPSA) is 55.1 Å². The summed E-state index contributed by atoms with van der Waals surface area (Å²) in [5, 5.41) is 6.42. The molecular formula is C13H6Cl4F3N5. The van der Waals surface area contributed by atoms with Gasteiger partial charge in [-0.3, -0.25) is 0 Å². The average Bonchev–Trinajstić information content (AvgIpc) is 2.92. The molecule has 0 saturated carbocycles. The molecule has 0 fully saturated rings. The summed E-state index contributed by atoms with van der Waals surface area (Å²) in [5.74, 6) is -0.0874. The molecule has 12 heteroatoms. The van der Waals surface area contributed by atoms with Crippen LogP contribution in [0, 0.1) is 0 Å². The minimum Gasteiger partial charge on any atom is -0.360 e. The summed E-state index contributed by atoms with van der Waals surface area (Å²) in [6.07, 6.45) is -3.35. The second kappa shape index (κ2) is 6.68. The van der Waals surface area contributed by atoms with Crippen LogP contribution in [-0.4, -0.2) is 32.3 Å². The van der Waals surface area contributed by atoms with Crippen LogP contribution in [0.1, 0.15) is 0 Å². The number of hydrogen-bond acceptors (Lipinski definition) is 4. The lowest BCUT2D eigenvalue weighted by Gasteiger charge is -2.17. The van der Waals surface area contributed by atoms with Gasteiger partial charge in [-0.15, -0.1) is 0 Å². The van der Waals surface area contributed by atoms with E-state index >= 15 is 0 Å². The molecule has 0 spiro atoms. The molecule has 0 aliphatic heterocycles. The van der Waals surface area contributed by atoms with Crippen molar-refractivity contribution < 1.29 is 13.2 Å². The number of benzene rings is 1. The highest BCUT2D eigenvalue weighted by Crippen LogP contribution is 2.43. The molecule has 0 aliphatic rings. The number of fused-ring (bicyclic) bond motifs is 1. The number of aromatic nitrogens is 4. The van der Waals surface area contributed by atoms with Gasteiger partial charge < -0.3 is 5.32 Å². The molecule has 0 atom stereocenters. The van der Waals surface area contributed by atoms with Crippen molar-refractivity contribution in [3.63, 3.8) is 0 Å². The van der Waals surface area contributed by atoms with Crippen LogP contribution in [-0.2, 0) is 0 Å². The fraction of sp³-hybridized carbons (Fsp3) is 0.154. The number of nitrogens with zero attached hydrogens (tertiary/aromatic N) is 4. The van der Waals surface area contributed by atoms with E-state index in [-0.39, 0.29) is 42.9 Å². The highest BCUT2D eigenvalue weighted by atomic mass is 35.5. The highest BCUT2D eigenvalue weighted by Gasteiger charge is 2.29. The Morgan fingerprint density at radius 3 is 2.28 bits per heavy atom. The molecule has 2 heterocycles. The van der Waals surface area contributed by atoms with Crippen molar-refractivity contribution in [1.29, 1.82) is 0 Å². The third kappa shape index (κ3) is 3.72. The molecule has 0 bridgehead atoms. The van der Waals surface area contributed by atoms with Gasteiger partial charge >= 0.3 is 6.18 Å². The van der Waals surface area contributed by atoms with Gasteiger partial charge in [-0.05, 0) is 12.1 Å². The maximum atomic E-state index is 12.7. The fourth-order valence-electron chi connectivity index (χ4n) is 2.17. The van der Waals surface area contributed by atoms with Crippen molar-refractivity contribution >= 4 is 58.0 Å². The van der Waals surface area contributed by atoms with Crippen LogP contribution >= 0.6 is 46.4 Å². The number of halogens is 7. The second-order valence-corrected chi connectivity index (χ2v) is 6.42. The predicted molar refractivity (Wildman–Crippen MR) is 90.8 cm³/mol. The molecular weight excluding hydrogens is 425 g/mol. The van der Waals surface area contributed by atoms with Gasteiger partial charge in [0.05, 0.1) is 15.6 Å². The Kier molecular flexibility index (Phi) is 4.89. The van der Waals surface area contributed by atoms with E-state index in [2.05, 4.69) is 20.4 Å².